The molecule has 1 aliphatic heterocycles. The van der Waals surface area contributed by atoms with Crippen molar-refractivity contribution in [3.8, 4) is 0 Å². The highest BCUT2D eigenvalue weighted by atomic mass is 19.3. The summed E-state index contributed by atoms with van der Waals surface area (Å²) in [5.41, 5.74) is 0.575. The van der Waals surface area contributed by atoms with Gasteiger partial charge in [-0.25, -0.2) is 4.39 Å². The van der Waals surface area contributed by atoms with Gasteiger partial charge in [0.25, 0.3) is 12.0 Å². The number of ether oxygens (including phenoxy) is 1. The summed E-state index contributed by atoms with van der Waals surface area (Å²) in [7, 11) is 3.37. The van der Waals surface area contributed by atoms with Gasteiger partial charge < -0.3 is 30.5 Å². The predicted octanol–water partition coefficient (Wildman–Crippen LogP) is 4.22. The van der Waals surface area contributed by atoms with E-state index in [1.807, 2.05) is 14.0 Å². The first kappa shape index (κ1) is 38.0. The number of nitrogens with one attached hydrogen (secondary N) is 3. The van der Waals surface area contributed by atoms with E-state index in [1.54, 1.807) is 35.6 Å². The van der Waals surface area contributed by atoms with E-state index in [1.165, 1.54) is 25.4 Å². The van der Waals surface area contributed by atoms with Gasteiger partial charge in [0.15, 0.2) is 0 Å². The van der Waals surface area contributed by atoms with E-state index in [0.717, 1.165) is 12.8 Å². The van der Waals surface area contributed by atoms with Crippen LogP contribution >= 0.6 is 0 Å². The standard InChI is InChI=1S/C36H48F3N7O5/c1-20-19-45(17-16-44(20)4)36(50)30(42-33(47)22(3)51-5)21(2)25-10-13-28(27(37)18-25)41-35(49)31(23-6-8-24(9-7-23)32(38)39)43-34(48)29-14-15-40-46(29)26-11-12-26/h10,13-15,18,20-23,26,30-31H,6-9,11-12,16-17,19H2,1-5H3,(H,41,49)(H,42,47)(H,43,48)/t20-,21+,22+,30-,31+/m1/s1. The number of piperazine rings is 1. The SMILES string of the molecule is CO[C@@H](C)C(=O)N[C@@H](C(=O)N1CCN(C)[C@H](C)C1)[C@@H](C)c1ccc(NC(=O)[C@@H](NC(=O)c2ccnn2C2CC2)C2CCC(=C(F)F)CC2)c(F)c1. The molecule has 0 unspecified atom stereocenters. The third-order valence-electron chi connectivity index (χ3n) is 10.6. The monoisotopic (exact) mass is 715 g/mol. The van der Waals surface area contributed by atoms with Gasteiger partial charge in [0.2, 0.25) is 17.7 Å². The molecule has 3 fully saturated rings. The summed E-state index contributed by atoms with van der Waals surface area (Å²) >= 11 is 0. The van der Waals surface area contributed by atoms with E-state index in [-0.39, 0.29) is 60.6 Å². The average molecular weight is 716 g/mol. The molecule has 4 amide bonds. The molecule has 51 heavy (non-hydrogen) atoms. The molecule has 1 saturated heterocycles. The molecule has 15 heteroatoms. The Balaban J connectivity index is 1.35. The molecule has 3 aliphatic rings. The molecular weight excluding hydrogens is 667 g/mol. The fraction of sp³-hybridized carbons (Fsp3) is 0.583. The number of nitrogens with zero attached hydrogens (tertiary/aromatic N) is 4. The van der Waals surface area contributed by atoms with Gasteiger partial charge in [-0.1, -0.05) is 13.0 Å². The lowest BCUT2D eigenvalue weighted by atomic mass is 9.81. The Bertz CT molecular complexity index is 1630. The molecule has 2 heterocycles. The molecule has 0 radical (unpaired) electrons. The van der Waals surface area contributed by atoms with Crippen molar-refractivity contribution in [2.45, 2.75) is 95.5 Å². The molecule has 1 aromatic carbocycles. The zero-order valence-corrected chi connectivity index (χ0v) is 29.8. The zero-order chi connectivity index (χ0) is 37.0. The lowest BCUT2D eigenvalue weighted by Crippen LogP contribution is -2.58. The maximum atomic E-state index is 15.8. The second kappa shape index (κ2) is 16.4. The van der Waals surface area contributed by atoms with Gasteiger partial charge in [-0.2, -0.15) is 13.9 Å². The number of amides is 4. The van der Waals surface area contributed by atoms with Gasteiger partial charge in [-0.05, 0) is 94.7 Å². The Kier molecular flexibility index (Phi) is 12.2. The number of benzene rings is 1. The average Bonchev–Trinajstić information content (AvgIpc) is 3.85. The highest BCUT2D eigenvalue weighted by Crippen LogP contribution is 2.36. The first-order valence-electron chi connectivity index (χ1n) is 17.6. The van der Waals surface area contributed by atoms with Crippen LogP contribution in [0.2, 0.25) is 0 Å². The minimum absolute atomic E-state index is 0.0334. The lowest BCUT2D eigenvalue weighted by Gasteiger charge is -2.40. The Hall–Kier alpha value is -4.24. The molecule has 3 N–H and O–H groups in total. The van der Waals surface area contributed by atoms with Crippen LogP contribution in [-0.2, 0) is 19.1 Å². The summed E-state index contributed by atoms with van der Waals surface area (Å²) < 4.78 is 49.2. The Morgan fingerprint density at radius 1 is 0.980 bits per heavy atom. The Morgan fingerprint density at radius 3 is 2.29 bits per heavy atom. The quantitative estimate of drug-likeness (QED) is 0.299. The minimum atomic E-state index is -1.72. The number of rotatable bonds is 12. The van der Waals surface area contributed by atoms with E-state index in [9.17, 15) is 28.0 Å². The molecule has 2 aliphatic carbocycles. The third-order valence-corrected chi connectivity index (χ3v) is 10.6. The Morgan fingerprint density at radius 2 is 1.69 bits per heavy atom. The molecule has 278 valence electrons. The number of methoxy groups -OCH3 is 1. The number of hydrogen-bond donors (Lipinski definition) is 3. The van der Waals surface area contributed by atoms with Gasteiger partial charge in [0.05, 0.1) is 11.7 Å². The smallest absolute Gasteiger partial charge is 0.270 e. The number of hydrogen-bond acceptors (Lipinski definition) is 7. The minimum Gasteiger partial charge on any atom is -0.372 e. The number of likely N-dealkylation sites (N-methyl/N-ethyl adjacent to an activating group) is 1. The van der Waals surface area contributed by atoms with Crippen LogP contribution in [-0.4, -0.2) is 101 Å². The molecule has 5 rings (SSSR count). The van der Waals surface area contributed by atoms with Crippen LogP contribution < -0.4 is 16.0 Å². The summed E-state index contributed by atoms with van der Waals surface area (Å²) in [5, 5.41) is 12.4. The first-order valence-corrected chi connectivity index (χ1v) is 17.6. The molecular formula is C36H48F3N7O5. The normalized spacial score (nSPS) is 22.0. The van der Waals surface area contributed by atoms with E-state index in [2.05, 4.69) is 25.9 Å². The summed E-state index contributed by atoms with van der Waals surface area (Å²) in [6.07, 6.45) is 1.37. The van der Waals surface area contributed by atoms with Crippen molar-refractivity contribution in [1.29, 1.82) is 0 Å². The Labute approximate surface area is 296 Å². The molecule has 12 nitrogen and oxygen atoms in total. The van der Waals surface area contributed by atoms with E-state index in [0.29, 0.717) is 25.2 Å². The van der Waals surface area contributed by atoms with Crippen molar-refractivity contribution >= 4 is 29.3 Å². The van der Waals surface area contributed by atoms with Crippen LogP contribution in [0.3, 0.4) is 0 Å². The van der Waals surface area contributed by atoms with Crippen molar-refractivity contribution in [3.63, 3.8) is 0 Å². The first-order chi connectivity index (χ1) is 24.3. The zero-order valence-electron chi connectivity index (χ0n) is 29.8. The molecule has 2 aromatic rings. The summed E-state index contributed by atoms with van der Waals surface area (Å²) in [6, 6.07) is 3.78. The number of carbonyl (C=O) groups excluding carboxylic acids is 4. The van der Waals surface area contributed by atoms with Crippen molar-refractivity contribution in [2.75, 3.05) is 39.1 Å². The molecule has 1 aromatic heterocycles. The number of anilines is 1. The predicted molar refractivity (Wildman–Crippen MR) is 183 cm³/mol. The largest absolute Gasteiger partial charge is 0.372 e. The van der Waals surface area contributed by atoms with Crippen LogP contribution in [0.5, 0.6) is 0 Å². The molecule has 2 saturated carbocycles. The van der Waals surface area contributed by atoms with Gasteiger partial charge in [0, 0.05) is 44.9 Å². The van der Waals surface area contributed by atoms with Gasteiger partial charge in [-0.3, -0.25) is 23.9 Å². The molecule has 5 atom stereocenters. The molecule has 0 spiro atoms. The van der Waals surface area contributed by atoms with Crippen molar-refractivity contribution in [2.24, 2.45) is 5.92 Å². The summed E-state index contributed by atoms with van der Waals surface area (Å²) in [5.74, 6) is -3.91. The van der Waals surface area contributed by atoms with E-state index >= 15 is 4.39 Å². The highest BCUT2D eigenvalue weighted by Gasteiger charge is 2.37. The number of aromatic nitrogens is 2. The van der Waals surface area contributed by atoms with Gasteiger partial charge in [-0.15, -0.1) is 0 Å². The van der Waals surface area contributed by atoms with Crippen LogP contribution in [0.25, 0.3) is 0 Å². The summed E-state index contributed by atoms with van der Waals surface area (Å²) in [6.45, 7) is 6.90. The topological polar surface area (TPSA) is 138 Å². The number of carbonyl (C=O) groups is 4. The van der Waals surface area contributed by atoms with Crippen molar-refractivity contribution in [1.82, 2.24) is 30.2 Å². The molecule has 0 bridgehead atoms. The number of allylic oxidation sites excluding steroid dienone is 1. The number of halogens is 3. The fourth-order valence-electron chi connectivity index (χ4n) is 6.77. The van der Waals surface area contributed by atoms with Crippen LogP contribution in [0.4, 0.5) is 18.9 Å². The van der Waals surface area contributed by atoms with Crippen LogP contribution in [0.15, 0.2) is 42.1 Å². The second-order valence-electron chi connectivity index (χ2n) is 14.0. The fourth-order valence-corrected chi connectivity index (χ4v) is 6.77. The van der Waals surface area contributed by atoms with E-state index in [4.69, 9.17) is 4.74 Å². The lowest BCUT2D eigenvalue weighted by molar-refractivity contribution is -0.141. The maximum absolute atomic E-state index is 15.8. The third kappa shape index (κ3) is 8.98. The van der Waals surface area contributed by atoms with Crippen LogP contribution in [0.1, 0.15) is 87.3 Å². The maximum Gasteiger partial charge on any atom is 0.270 e. The van der Waals surface area contributed by atoms with Gasteiger partial charge >= 0.3 is 0 Å². The van der Waals surface area contributed by atoms with Crippen LogP contribution in [0, 0.1) is 11.7 Å². The highest BCUT2D eigenvalue weighted by molar-refractivity contribution is 6.01. The van der Waals surface area contributed by atoms with E-state index < -0.39 is 59.6 Å². The van der Waals surface area contributed by atoms with Crippen molar-refractivity contribution < 1.29 is 37.1 Å². The summed E-state index contributed by atoms with van der Waals surface area (Å²) in [4.78, 5) is 57.8. The van der Waals surface area contributed by atoms with Crippen molar-refractivity contribution in [3.05, 3.63) is 59.2 Å². The van der Waals surface area contributed by atoms with Gasteiger partial charge in [0.1, 0.15) is 29.7 Å². The second-order valence-corrected chi connectivity index (χ2v) is 14.0.